The third-order valence-electron chi connectivity index (χ3n) is 1.52. The fourth-order valence-corrected chi connectivity index (χ4v) is 1.62. The first-order valence-corrected chi connectivity index (χ1v) is 5.28. The Labute approximate surface area is 194 Å². The molecule has 0 rings (SSSR count). The van der Waals surface area contributed by atoms with Gasteiger partial charge in [-0.1, -0.05) is 0 Å². The van der Waals surface area contributed by atoms with Gasteiger partial charge in [0, 0.05) is 24.8 Å². The molecule has 0 aromatic rings. The van der Waals surface area contributed by atoms with E-state index in [0.29, 0.717) is 0 Å². The average molecular weight is 370 g/mol. The molecule has 0 bridgehead atoms. The molecule has 0 atom stereocenters. The molecule has 14 heteroatoms. The molecule has 98 valence electrons. The maximum Gasteiger partial charge on any atom is 2.00 e. The van der Waals surface area contributed by atoms with Crippen molar-refractivity contribution in [3.63, 3.8) is 0 Å². The van der Waals surface area contributed by atoms with Crippen molar-refractivity contribution < 1.29 is 78.1 Å². The van der Waals surface area contributed by atoms with E-state index in [1.165, 1.54) is 0 Å². The van der Waals surface area contributed by atoms with Gasteiger partial charge in [0.1, 0.15) is 5.60 Å². The van der Waals surface area contributed by atoms with E-state index >= 15 is 0 Å². The monoisotopic (exact) mass is 370 g/mol. The zero-order valence-electron chi connectivity index (χ0n) is 10.4. The van der Waals surface area contributed by atoms with Crippen molar-refractivity contribution in [3.05, 3.63) is 0 Å². The van der Waals surface area contributed by atoms with Gasteiger partial charge in [0.15, 0.2) is 0 Å². The Balaban J connectivity index is -0.000000427. The summed E-state index contributed by atoms with van der Waals surface area (Å²) in [5.74, 6) is -6.80. The Morgan fingerprint density at radius 3 is 1.40 bits per heavy atom. The molecule has 0 saturated heterocycles. The van der Waals surface area contributed by atoms with E-state index in [1.807, 2.05) is 0 Å². The van der Waals surface area contributed by atoms with Gasteiger partial charge in [0.05, 0.1) is 13.8 Å². The van der Waals surface area contributed by atoms with E-state index in [9.17, 15) is 44.1 Å². The van der Waals surface area contributed by atoms with E-state index in [1.54, 1.807) is 0 Å². The van der Waals surface area contributed by atoms with Crippen molar-refractivity contribution >= 4 is 101 Å². The molecule has 10 nitrogen and oxygen atoms in total. The van der Waals surface area contributed by atoms with Gasteiger partial charge in [-0.15, -0.1) is 0 Å². The van der Waals surface area contributed by atoms with Gasteiger partial charge in [0.25, 0.3) is 0 Å². The summed E-state index contributed by atoms with van der Waals surface area (Å²) in [6.07, 6.45) is -3.39. The van der Waals surface area contributed by atoms with Crippen molar-refractivity contribution in [1.82, 2.24) is 0 Å². The fourth-order valence-electron chi connectivity index (χ4n) is 0.989. The zero-order valence-corrected chi connectivity index (χ0v) is 17.7. The van der Waals surface area contributed by atoms with Crippen LogP contribution in [0.4, 0.5) is 0 Å². The van der Waals surface area contributed by atoms with E-state index in [-0.39, 0.29) is 105 Å². The average Bonchev–Trinajstić information content (AvgIpc) is 1.96. The minimum Gasteiger partial charge on any atom is -0.790 e. The summed E-state index contributed by atoms with van der Waals surface area (Å²) in [5.41, 5.74) is -3.38. The zero-order chi connectivity index (χ0) is 13.9. The van der Waals surface area contributed by atoms with Crippen LogP contribution in [-0.2, 0) is 23.5 Å². The molecular formula is C6H4Ca2NaO10P. The molecule has 0 N–H and O–H groups in total. The third-order valence-corrected chi connectivity index (χ3v) is 2.09. The smallest absolute Gasteiger partial charge is 0.790 e. The number of aliphatic carboxylic acids is 3. The van der Waals surface area contributed by atoms with Crippen LogP contribution in [0.5, 0.6) is 0 Å². The fraction of sp³-hybridized carbons (Fsp3) is 0.500. The van der Waals surface area contributed by atoms with Crippen molar-refractivity contribution in [2.75, 3.05) is 0 Å². The molecule has 0 aromatic heterocycles. The molecule has 0 unspecified atom stereocenters. The summed E-state index contributed by atoms with van der Waals surface area (Å²) in [4.78, 5) is 51.4. The number of carboxylic acids is 3. The standard InChI is InChI=1S/C6H9O10P.2Ca.Na/c7-3(8)1-6(5(11)12,2-4(9)10)16-17(13,14)15;;;/h1-2H2,(H,7,8)(H,9,10)(H,11,12)(H2,13,14,15);;;/q;2*+2;+1/p-5. The number of carboxylic acid groups (broad SMARTS) is 3. The van der Waals surface area contributed by atoms with E-state index in [0.717, 1.165) is 0 Å². The number of hydrogen-bond acceptors (Lipinski definition) is 10. The van der Waals surface area contributed by atoms with E-state index < -0.39 is 44.2 Å². The molecule has 0 aliphatic carbocycles. The number of carbonyl (C=O) groups excluding carboxylic acids is 3. The first-order chi connectivity index (χ1) is 7.48. The molecule has 0 aliphatic rings. The molecule has 20 heavy (non-hydrogen) atoms. The summed E-state index contributed by atoms with van der Waals surface area (Å²) < 4.78 is 13.7. The first kappa shape index (κ1) is 30.0. The number of rotatable bonds is 7. The minimum absolute atomic E-state index is 0. The van der Waals surface area contributed by atoms with Gasteiger partial charge in [-0.3, -0.25) is 0 Å². The van der Waals surface area contributed by atoms with Gasteiger partial charge >= 0.3 is 105 Å². The molecule has 0 aliphatic heterocycles. The first-order valence-electron chi connectivity index (χ1n) is 3.82. The number of hydrogen-bond donors (Lipinski definition) is 0. The second kappa shape index (κ2) is 12.5. The second-order valence-electron chi connectivity index (χ2n) is 2.92. The van der Waals surface area contributed by atoms with Gasteiger partial charge in [-0.25, -0.2) is 0 Å². The topological polar surface area (TPSA) is 193 Å². The van der Waals surface area contributed by atoms with Crippen LogP contribution in [0, 0.1) is 0 Å². The minimum atomic E-state index is -5.96. The van der Waals surface area contributed by atoms with Crippen molar-refractivity contribution in [1.29, 1.82) is 0 Å². The normalized spacial score (nSPS) is 10.3. The van der Waals surface area contributed by atoms with Crippen LogP contribution in [-0.4, -0.2) is 99.0 Å². The predicted molar refractivity (Wildman–Crippen MR) is 47.2 cm³/mol. The van der Waals surface area contributed by atoms with Crippen LogP contribution in [0.15, 0.2) is 0 Å². The van der Waals surface area contributed by atoms with E-state index in [4.69, 9.17) is 0 Å². The SMILES string of the molecule is O=C([O-])CC(CC(=O)[O-])(OP(=O)([O-])[O-])C(=O)[O-].[Ca+2].[Ca+2].[Na+]. The molecule has 0 amide bonds. The third kappa shape index (κ3) is 12.6. The van der Waals surface area contributed by atoms with Gasteiger partial charge < -0.3 is 48.6 Å². The Kier molecular flexibility index (Phi) is 18.7. The second-order valence-corrected chi connectivity index (χ2v) is 3.99. The molecule has 0 aromatic carbocycles. The number of phosphoric acid groups is 1. The van der Waals surface area contributed by atoms with Gasteiger partial charge in [0.2, 0.25) is 0 Å². The summed E-state index contributed by atoms with van der Waals surface area (Å²) in [6, 6.07) is 0. The van der Waals surface area contributed by atoms with Crippen molar-refractivity contribution in [3.8, 4) is 0 Å². The predicted octanol–water partition coefficient (Wildman–Crippen LogP) is -10.2. The molecule has 0 spiro atoms. The molecule has 0 fully saturated rings. The number of carbonyl (C=O) groups is 3. The van der Waals surface area contributed by atoms with Gasteiger partial charge in [-0.2, -0.15) is 0 Å². The van der Waals surface area contributed by atoms with Crippen LogP contribution in [0.1, 0.15) is 12.8 Å². The quantitative estimate of drug-likeness (QED) is 0.307. The van der Waals surface area contributed by atoms with Crippen molar-refractivity contribution in [2.45, 2.75) is 18.4 Å². The summed E-state index contributed by atoms with van der Waals surface area (Å²) in [5, 5.41) is 30.9. The summed E-state index contributed by atoms with van der Waals surface area (Å²) >= 11 is 0. The summed E-state index contributed by atoms with van der Waals surface area (Å²) in [7, 11) is -5.96. The van der Waals surface area contributed by atoms with Gasteiger partial charge in [-0.05, 0) is 0 Å². The molecule has 0 radical (unpaired) electrons. The Morgan fingerprint density at radius 2 is 1.25 bits per heavy atom. The van der Waals surface area contributed by atoms with Crippen LogP contribution >= 0.6 is 7.82 Å². The molecular weight excluding hydrogens is 366 g/mol. The van der Waals surface area contributed by atoms with E-state index in [2.05, 4.69) is 4.52 Å². The maximum absolute atomic E-state index is 10.6. The molecule has 0 saturated carbocycles. The number of phosphoric ester groups is 1. The van der Waals surface area contributed by atoms with Crippen LogP contribution < -0.4 is 54.7 Å². The molecule has 0 heterocycles. The largest absolute Gasteiger partial charge is 2.00 e. The Morgan fingerprint density at radius 1 is 0.950 bits per heavy atom. The maximum atomic E-state index is 10.6. The Bertz CT molecular complexity index is 379. The Hall–Kier alpha value is 2.04. The summed E-state index contributed by atoms with van der Waals surface area (Å²) in [6.45, 7) is 0. The van der Waals surface area contributed by atoms with Crippen LogP contribution in [0.25, 0.3) is 0 Å². The van der Waals surface area contributed by atoms with Crippen LogP contribution in [0.3, 0.4) is 0 Å². The van der Waals surface area contributed by atoms with Crippen LogP contribution in [0.2, 0.25) is 0 Å². The van der Waals surface area contributed by atoms with Crippen molar-refractivity contribution in [2.24, 2.45) is 0 Å².